The summed E-state index contributed by atoms with van der Waals surface area (Å²) >= 11 is 0. The molecule has 0 aromatic heterocycles. The van der Waals surface area contributed by atoms with Crippen LogP contribution in [-0.4, -0.2) is 25.9 Å². The predicted molar refractivity (Wildman–Crippen MR) is 71.0 cm³/mol. The lowest BCUT2D eigenvalue weighted by Crippen LogP contribution is -2.03. The Morgan fingerprint density at radius 3 is 2.72 bits per heavy atom. The molecule has 0 radical (unpaired) electrons. The van der Waals surface area contributed by atoms with Gasteiger partial charge in [0.1, 0.15) is 5.75 Å². The van der Waals surface area contributed by atoms with Crippen molar-refractivity contribution in [3.8, 4) is 5.75 Å². The number of carbonyl (C=O) groups excluding carboxylic acids is 1. The van der Waals surface area contributed by atoms with Crippen molar-refractivity contribution < 1.29 is 14.3 Å². The van der Waals surface area contributed by atoms with Crippen LogP contribution < -0.4 is 10.2 Å². The van der Waals surface area contributed by atoms with Gasteiger partial charge >= 0.3 is 5.97 Å². The van der Waals surface area contributed by atoms with Gasteiger partial charge in [0.15, 0.2) is 0 Å². The first kappa shape index (κ1) is 14.0. The van der Waals surface area contributed by atoms with Crippen molar-refractivity contribution in [2.45, 2.75) is 19.8 Å². The van der Waals surface area contributed by atoms with Gasteiger partial charge < -0.3 is 9.47 Å². The van der Waals surface area contributed by atoms with Crippen LogP contribution in [0.5, 0.6) is 5.75 Å². The summed E-state index contributed by atoms with van der Waals surface area (Å²) in [6.07, 6.45) is 2.56. The van der Waals surface area contributed by atoms with Gasteiger partial charge in [-0.1, -0.05) is 0 Å². The molecule has 0 fully saturated rings. The van der Waals surface area contributed by atoms with Crippen molar-refractivity contribution in [2.75, 3.05) is 19.1 Å². The summed E-state index contributed by atoms with van der Waals surface area (Å²) in [5.41, 5.74) is 3.73. The number of rotatable bonds is 7. The fraction of sp³-hybridized carbons (Fsp3) is 0.385. The van der Waals surface area contributed by atoms with Crippen molar-refractivity contribution in [2.24, 2.45) is 5.10 Å². The Morgan fingerprint density at radius 2 is 2.11 bits per heavy atom. The second-order valence-electron chi connectivity index (χ2n) is 3.50. The highest BCUT2D eigenvalue weighted by atomic mass is 16.5. The topological polar surface area (TPSA) is 59.9 Å². The Kier molecular flexibility index (Phi) is 6.32. The normalized spacial score (nSPS) is 10.3. The quantitative estimate of drug-likeness (QED) is 0.458. The average molecular weight is 250 g/mol. The fourth-order valence-electron chi connectivity index (χ4n) is 1.27. The molecule has 18 heavy (non-hydrogen) atoms. The third kappa shape index (κ3) is 5.34. The third-order valence-corrected chi connectivity index (χ3v) is 2.16. The predicted octanol–water partition coefficient (Wildman–Crippen LogP) is 2.44. The van der Waals surface area contributed by atoms with Crippen LogP contribution in [0.1, 0.15) is 19.8 Å². The van der Waals surface area contributed by atoms with Gasteiger partial charge in [-0.15, -0.1) is 0 Å². The molecule has 0 spiro atoms. The molecule has 1 aromatic carbocycles. The zero-order chi connectivity index (χ0) is 13.2. The van der Waals surface area contributed by atoms with Crippen LogP contribution in [-0.2, 0) is 9.53 Å². The summed E-state index contributed by atoms with van der Waals surface area (Å²) < 4.78 is 9.84. The van der Waals surface area contributed by atoms with E-state index in [1.54, 1.807) is 20.2 Å². The van der Waals surface area contributed by atoms with Crippen molar-refractivity contribution in [1.82, 2.24) is 0 Å². The molecule has 0 aliphatic heterocycles. The summed E-state index contributed by atoms with van der Waals surface area (Å²) in [4.78, 5) is 11.0. The van der Waals surface area contributed by atoms with Gasteiger partial charge in [-0.25, -0.2) is 0 Å². The van der Waals surface area contributed by atoms with Gasteiger partial charge in [0.05, 0.1) is 25.8 Å². The Labute approximate surface area is 107 Å². The first-order chi connectivity index (χ1) is 8.76. The highest BCUT2D eigenvalue weighted by Gasteiger charge is 1.98. The van der Waals surface area contributed by atoms with Gasteiger partial charge in [-0.2, -0.15) is 5.10 Å². The smallest absolute Gasteiger partial charge is 0.306 e. The van der Waals surface area contributed by atoms with Crippen molar-refractivity contribution in [3.05, 3.63) is 24.3 Å². The Balaban J connectivity index is 2.25. The van der Waals surface area contributed by atoms with Crippen LogP contribution in [0.3, 0.4) is 0 Å². The monoisotopic (exact) mass is 250 g/mol. The number of nitrogens with one attached hydrogen (secondary N) is 1. The molecule has 1 N–H and O–H groups in total. The lowest BCUT2D eigenvalue weighted by Gasteiger charge is -2.02. The van der Waals surface area contributed by atoms with Gasteiger partial charge in [0.25, 0.3) is 0 Å². The molecule has 0 amide bonds. The van der Waals surface area contributed by atoms with E-state index in [1.165, 1.54) is 0 Å². The van der Waals surface area contributed by atoms with Crippen LogP contribution in [0.15, 0.2) is 29.4 Å². The van der Waals surface area contributed by atoms with Crippen LogP contribution in [0.4, 0.5) is 5.69 Å². The number of anilines is 1. The number of esters is 1. The van der Waals surface area contributed by atoms with E-state index in [9.17, 15) is 4.79 Å². The van der Waals surface area contributed by atoms with E-state index in [2.05, 4.69) is 10.5 Å². The summed E-state index contributed by atoms with van der Waals surface area (Å²) in [5, 5.41) is 4.01. The highest BCUT2D eigenvalue weighted by molar-refractivity contribution is 5.73. The molecule has 0 aliphatic carbocycles. The van der Waals surface area contributed by atoms with Crippen molar-refractivity contribution in [1.29, 1.82) is 0 Å². The van der Waals surface area contributed by atoms with E-state index in [4.69, 9.17) is 9.47 Å². The number of ether oxygens (including phenoxy) is 2. The maximum absolute atomic E-state index is 11.0. The minimum Gasteiger partial charge on any atom is -0.497 e. The second-order valence-corrected chi connectivity index (χ2v) is 3.50. The molecule has 0 atom stereocenters. The van der Waals surface area contributed by atoms with Gasteiger partial charge in [-0.05, 0) is 37.6 Å². The van der Waals surface area contributed by atoms with E-state index in [1.807, 2.05) is 24.3 Å². The third-order valence-electron chi connectivity index (χ3n) is 2.16. The van der Waals surface area contributed by atoms with E-state index >= 15 is 0 Å². The number of nitrogens with zero attached hydrogens (tertiary/aromatic N) is 1. The first-order valence-corrected chi connectivity index (χ1v) is 5.83. The Hall–Kier alpha value is -2.04. The number of methoxy groups -OCH3 is 1. The Bertz CT molecular complexity index is 388. The minimum atomic E-state index is -0.201. The molecule has 1 rings (SSSR count). The van der Waals surface area contributed by atoms with Crippen molar-refractivity contribution >= 4 is 17.9 Å². The lowest BCUT2D eigenvalue weighted by molar-refractivity contribution is -0.142. The number of benzene rings is 1. The van der Waals surface area contributed by atoms with Gasteiger partial charge in [0.2, 0.25) is 0 Å². The van der Waals surface area contributed by atoms with Crippen molar-refractivity contribution in [3.63, 3.8) is 0 Å². The lowest BCUT2D eigenvalue weighted by atomic mass is 10.3. The van der Waals surface area contributed by atoms with E-state index < -0.39 is 0 Å². The summed E-state index contributed by atoms with van der Waals surface area (Å²) in [5.74, 6) is 0.597. The maximum Gasteiger partial charge on any atom is 0.306 e. The number of hydrogen-bond donors (Lipinski definition) is 1. The molecule has 0 heterocycles. The molecule has 5 nitrogen and oxygen atoms in total. The van der Waals surface area contributed by atoms with Crippen LogP contribution >= 0.6 is 0 Å². The second kappa shape index (κ2) is 8.11. The molecule has 5 heteroatoms. The largest absolute Gasteiger partial charge is 0.497 e. The summed E-state index contributed by atoms with van der Waals surface area (Å²) in [6, 6.07) is 7.41. The highest BCUT2D eigenvalue weighted by Crippen LogP contribution is 2.14. The van der Waals surface area contributed by atoms with E-state index in [0.29, 0.717) is 19.4 Å². The zero-order valence-electron chi connectivity index (χ0n) is 10.7. The number of hydrogen-bond acceptors (Lipinski definition) is 5. The standard InChI is InChI=1S/C13H18N2O3/c1-3-18-13(16)5-4-10-14-15-11-6-8-12(17-2)9-7-11/h6-10,15H,3-5H2,1-2H3/b14-10-. The Morgan fingerprint density at radius 1 is 1.39 bits per heavy atom. The molecule has 1 aromatic rings. The van der Waals surface area contributed by atoms with Gasteiger partial charge in [0, 0.05) is 6.21 Å². The fourth-order valence-corrected chi connectivity index (χ4v) is 1.27. The number of hydrazone groups is 1. The van der Waals surface area contributed by atoms with E-state index in [0.717, 1.165) is 11.4 Å². The maximum atomic E-state index is 11.0. The van der Waals surface area contributed by atoms with Crippen LogP contribution in [0, 0.1) is 0 Å². The molecule has 0 bridgehead atoms. The summed E-state index contributed by atoms with van der Waals surface area (Å²) in [7, 11) is 1.62. The molecule has 0 aliphatic rings. The molecular formula is C13H18N2O3. The van der Waals surface area contributed by atoms with Crippen LogP contribution in [0.25, 0.3) is 0 Å². The molecular weight excluding hydrogens is 232 g/mol. The number of carbonyl (C=O) groups is 1. The first-order valence-electron chi connectivity index (χ1n) is 5.83. The molecule has 0 saturated carbocycles. The van der Waals surface area contributed by atoms with E-state index in [-0.39, 0.29) is 5.97 Å². The average Bonchev–Trinajstić information content (AvgIpc) is 2.39. The zero-order valence-corrected chi connectivity index (χ0v) is 10.7. The minimum absolute atomic E-state index is 0.201. The summed E-state index contributed by atoms with van der Waals surface area (Å²) in [6.45, 7) is 2.21. The van der Waals surface area contributed by atoms with Crippen LogP contribution in [0.2, 0.25) is 0 Å². The molecule has 98 valence electrons. The SMILES string of the molecule is CCOC(=O)CC/C=N\Nc1ccc(OC)cc1. The van der Waals surface area contributed by atoms with Gasteiger partial charge in [-0.3, -0.25) is 10.2 Å². The molecule has 0 unspecified atom stereocenters. The molecule has 0 saturated heterocycles.